The maximum Gasteiger partial charge on any atom is 0.226 e. The molecular weight excluding hydrogens is 428 g/mol. The molecule has 0 radical (unpaired) electrons. The van der Waals surface area contributed by atoms with Crippen molar-refractivity contribution in [1.82, 2.24) is 15.2 Å². The topological polar surface area (TPSA) is 66.5 Å². The first-order valence-corrected chi connectivity index (χ1v) is 11.3. The number of ether oxygens (including phenoxy) is 1. The Hall–Kier alpha value is -2.97. The third-order valence-electron chi connectivity index (χ3n) is 5.21. The lowest BCUT2D eigenvalue weighted by atomic mass is 10.0. The minimum Gasteiger partial charge on any atom is -0.495 e. The number of hydrogen-bond donors (Lipinski definition) is 2. The highest BCUT2D eigenvalue weighted by atomic mass is 32.1. The zero-order valence-electron chi connectivity index (χ0n) is 17.4. The van der Waals surface area contributed by atoms with Crippen molar-refractivity contribution in [3.8, 4) is 5.75 Å². The highest BCUT2D eigenvalue weighted by Gasteiger charge is 2.40. The van der Waals surface area contributed by atoms with Gasteiger partial charge in [0.1, 0.15) is 5.75 Å². The molecule has 160 valence electrons. The summed E-state index contributed by atoms with van der Waals surface area (Å²) in [6, 6.07) is 17.4. The third-order valence-corrected chi connectivity index (χ3v) is 6.63. The highest BCUT2D eigenvalue weighted by Crippen LogP contribution is 2.41. The van der Waals surface area contributed by atoms with Gasteiger partial charge in [-0.3, -0.25) is 9.78 Å². The van der Waals surface area contributed by atoms with Crippen LogP contribution in [0.25, 0.3) is 0 Å². The van der Waals surface area contributed by atoms with Gasteiger partial charge in [0.15, 0.2) is 5.11 Å². The Labute approximate surface area is 191 Å². The van der Waals surface area contributed by atoms with Crippen LogP contribution < -0.4 is 15.4 Å². The van der Waals surface area contributed by atoms with Gasteiger partial charge in [-0.1, -0.05) is 18.2 Å². The number of aryl methyl sites for hydroxylation is 1. The molecule has 31 heavy (non-hydrogen) atoms. The highest BCUT2D eigenvalue weighted by molar-refractivity contribution is 7.80. The first kappa shape index (κ1) is 21.3. The fourth-order valence-corrected chi connectivity index (χ4v) is 5.11. The number of hydrogen-bond acceptors (Lipinski definition) is 5. The van der Waals surface area contributed by atoms with Crippen LogP contribution in [-0.2, 0) is 4.79 Å². The van der Waals surface area contributed by atoms with Crippen LogP contribution in [-0.4, -0.2) is 34.6 Å². The number of carbonyl (C=O) groups excluding carboxylic acids is 1. The molecule has 1 saturated heterocycles. The number of methoxy groups -OCH3 is 1. The minimum absolute atomic E-state index is 0.0137. The Bertz CT molecular complexity index is 1070. The van der Waals surface area contributed by atoms with Crippen LogP contribution in [0.4, 0.5) is 5.69 Å². The number of para-hydroxylation sites is 2. The quantitative estimate of drug-likeness (QED) is 0.516. The fraction of sp³-hybridized carbons (Fsp3) is 0.261. The number of thiocarbonyl (C=S) groups is 1. The van der Waals surface area contributed by atoms with Crippen LogP contribution in [0.2, 0.25) is 0 Å². The lowest BCUT2D eigenvalue weighted by Gasteiger charge is -2.26. The monoisotopic (exact) mass is 452 g/mol. The number of nitrogens with one attached hydrogen (secondary N) is 2. The molecule has 3 heterocycles. The lowest BCUT2D eigenvalue weighted by Crippen LogP contribution is -2.32. The number of benzene rings is 1. The molecule has 0 bridgehead atoms. The van der Waals surface area contributed by atoms with Gasteiger partial charge in [0.2, 0.25) is 5.91 Å². The Morgan fingerprint density at radius 2 is 2.03 bits per heavy atom. The number of amides is 1. The zero-order chi connectivity index (χ0) is 21.8. The fourth-order valence-electron chi connectivity index (χ4n) is 3.75. The average Bonchev–Trinajstić information content (AvgIpc) is 3.35. The third kappa shape index (κ3) is 4.70. The molecule has 0 aliphatic carbocycles. The Balaban J connectivity index is 1.52. The summed E-state index contributed by atoms with van der Waals surface area (Å²) in [6.45, 7) is 2.59. The summed E-state index contributed by atoms with van der Waals surface area (Å²) in [6.07, 6.45) is 2.09. The van der Waals surface area contributed by atoms with E-state index in [1.54, 1.807) is 24.6 Å². The van der Waals surface area contributed by atoms with Crippen molar-refractivity contribution in [2.24, 2.45) is 0 Å². The maximum absolute atomic E-state index is 12.7. The summed E-state index contributed by atoms with van der Waals surface area (Å²) < 4.78 is 5.32. The van der Waals surface area contributed by atoms with Gasteiger partial charge in [-0.05, 0) is 55.5 Å². The van der Waals surface area contributed by atoms with Gasteiger partial charge in [0.05, 0.1) is 30.6 Å². The number of aromatic nitrogens is 1. The second kappa shape index (κ2) is 9.45. The molecule has 2 aromatic heterocycles. The largest absolute Gasteiger partial charge is 0.495 e. The van der Waals surface area contributed by atoms with E-state index < -0.39 is 0 Å². The number of rotatable bonds is 7. The summed E-state index contributed by atoms with van der Waals surface area (Å²) in [5.41, 5.74) is 1.59. The SMILES string of the molecule is COc1ccccc1NC(=O)CCN1C(=S)N[C@H](c2ccccn2)[C@@H]1c1ccc(C)s1. The molecule has 0 saturated carbocycles. The molecule has 0 unspecified atom stereocenters. The van der Waals surface area contributed by atoms with Crippen LogP contribution in [0.3, 0.4) is 0 Å². The number of nitrogens with zero attached hydrogens (tertiary/aromatic N) is 2. The molecule has 3 aromatic rings. The van der Waals surface area contributed by atoms with Crippen LogP contribution in [0, 0.1) is 6.92 Å². The van der Waals surface area contributed by atoms with Crippen molar-refractivity contribution in [1.29, 1.82) is 0 Å². The van der Waals surface area contributed by atoms with E-state index >= 15 is 0 Å². The van der Waals surface area contributed by atoms with Gasteiger partial charge in [0, 0.05) is 28.9 Å². The predicted octanol–water partition coefficient (Wildman–Crippen LogP) is 4.46. The minimum atomic E-state index is -0.0882. The van der Waals surface area contributed by atoms with Gasteiger partial charge < -0.3 is 20.3 Å². The molecule has 1 aliphatic rings. The summed E-state index contributed by atoms with van der Waals surface area (Å²) in [4.78, 5) is 21.8. The average molecular weight is 453 g/mol. The molecule has 8 heteroatoms. The van der Waals surface area contributed by atoms with E-state index in [2.05, 4.69) is 39.6 Å². The van der Waals surface area contributed by atoms with Gasteiger partial charge >= 0.3 is 0 Å². The predicted molar refractivity (Wildman–Crippen MR) is 127 cm³/mol. The van der Waals surface area contributed by atoms with Crippen LogP contribution in [0.15, 0.2) is 60.8 Å². The summed E-state index contributed by atoms with van der Waals surface area (Å²) in [7, 11) is 1.59. The molecule has 1 aromatic carbocycles. The van der Waals surface area contributed by atoms with Crippen molar-refractivity contribution in [2.75, 3.05) is 19.0 Å². The first-order chi connectivity index (χ1) is 15.1. The molecule has 1 fully saturated rings. The van der Waals surface area contributed by atoms with Gasteiger partial charge in [-0.15, -0.1) is 11.3 Å². The summed E-state index contributed by atoms with van der Waals surface area (Å²) in [5.74, 6) is 0.547. The molecule has 2 atom stereocenters. The van der Waals surface area contributed by atoms with Crippen molar-refractivity contribution < 1.29 is 9.53 Å². The van der Waals surface area contributed by atoms with E-state index in [1.165, 1.54) is 9.75 Å². The molecule has 6 nitrogen and oxygen atoms in total. The number of anilines is 1. The van der Waals surface area contributed by atoms with Crippen LogP contribution in [0.5, 0.6) is 5.75 Å². The van der Waals surface area contributed by atoms with Crippen LogP contribution >= 0.6 is 23.6 Å². The first-order valence-electron chi connectivity index (χ1n) is 10.0. The number of thiophene rings is 1. The molecule has 2 N–H and O–H groups in total. The van der Waals surface area contributed by atoms with Gasteiger partial charge in [0.25, 0.3) is 0 Å². The van der Waals surface area contributed by atoms with E-state index in [1.807, 2.05) is 42.5 Å². The van der Waals surface area contributed by atoms with E-state index in [-0.39, 0.29) is 18.0 Å². The lowest BCUT2D eigenvalue weighted by molar-refractivity contribution is -0.116. The standard InChI is InChI=1S/C23H24N4O2S2/c1-15-10-11-19(31-15)22-21(17-8-5-6-13-24-17)26-23(30)27(22)14-12-20(28)25-16-7-3-4-9-18(16)29-2/h3-11,13,21-22H,12,14H2,1-2H3,(H,25,28)(H,26,30)/t21-,22+/m1/s1. The summed E-state index contributed by atoms with van der Waals surface area (Å²) >= 11 is 7.41. The van der Waals surface area contributed by atoms with Crippen molar-refractivity contribution in [2.45, 2.75) is 25.4 Å². The van der Waals surface area contributed by atoms with Crippen molar-refractivity contribution in [3.63, 3.8) is 0 Å². The molecule has 0 spiro atoms. The Morgan fingerprint density at radius 1 is 1.23 bits per heavy atom. The van der Waals surface area contributed by atoms with Gasteiger partial charge in [-0.2, -0.15) is 0 Å². The van der Waals surface area contributed by atoms with Crippen molar-refractivity contribution in [3.05, 3.63) is 76.2 Å². The summed E-state index contributed by atoms with van der Waals surface area (Å²) in [5, 5.41) is 6.99. The second-order valence-corrected chi connectivity index (χ2v) is 8.97. The molecule has 4 rings (SSSR count). The molecule has 1 aliphatic heterocycles. The van der Waals surface area contributed by atoms with E-state index in [0.29, 0.717) is 29.5 Å². The Morgan fingerprint density at radius 3 is 2.74 bits per heavy atom. The normalized spacial score (nSPS) is 18.0. The smallest absolute Gasteiger partial charge is 0.226 e. The van der Waals surface area contributed by atoms with Gasteiger partial charge in [-0.25, -0.2) is 0 Å². The van der Waals surface area contributed by atoms with E-state index in [9.17, 15) is 4.79 Å². The molecule has 1 amide bonds. The Kier molecular flexibility index (Phi) is 6.48. The zero-order valence-corrected chi connectivity index (χ0v) is 19.0. The second-order valence-electron chi connectivity index (χ2n) is 7.27. The van der Waals surface area contributed by atoms with Crippen molar-refractivity contribution >= 4 is 40.3 Å². The number of carbonyl (C=O) groups is 1. The van der Waals surface area contributed by atoms with Crippen LogP contribution in [0.1, 0.15) is 34.0 Å². The number of pyridine rings is 1. The maximum atomic E-state index is 12.7. The van der Waals surface area contributed by atoms with E-state index in [0.717, 1.165) is 5.69 Å². The molecular formula is C23H24N4O2S2. The van der Waals surface area contributed by atoms with E-state index in [4.69, 9.17) is 17.0 Å².